The summed E-state index contributed by atoms with van der Waals surface area (Å²) in [6.07, 6.45) is 5.81. The van der Waals surface area contributed by atoms with Crippen molar-refractivity contribution in [2.45, 2.75) is 44.2 Å². The van der Waals surface area contributed by atoms with Crippen LogP contribution in [0.15, 0.2) is 0 Å². The number of piperidine rings is 1. The summed E-state index contributed by atoms with van der Waals surface area (Å²) in [6.45, 7) is 5.53. The summed E-state index contributed by atoms with van der Waals surface area (Å²) in [4.78, 5) is 16.9. The summed E-state index contributed by atoms with van der Waals surface area (Å²) in [5.74, 6) is 0.996. The van der Waals surface area contributed by atoms with E-state index < -0.39 is 0 Å². The molecule has 5 heteroatoms. The number of ether oxygens (including phenoxy) is 1. The number of piperazine rings is 1. The van der Waals surface area contributed by atoms with Gasteiger partial charge in [-0.1, -0.05) is 0 Å². The molecule has 3 heterocycles. The highest BCUT2D eigenvalue weighted by molar-refractivity contribution is 5.76. The van der Waals surface area contributed by atoms with Gasteiger partial charge < -0.3 is 15.0 Å². The maximum Gasteiger partial charge on any atom is 0.222 e. The van der Waals surface area contributed by atoms with E-state index in [1.807, 2.05) is 0 Å². The van der Waals surface area contributed by atoms with Crippen LogP contribution < -0.4 is 5.32 Å². The fraction of sp³-hybridized carbons (Fsp3) is 0.938. The van der Waals surface area contributed by atoms with Crippen molar-refractivity contribution in [1.82, 2.24) is 15.1 Å². The van der Waals surface area contributed by atoms with Crippen LogP contribution in [0.3, 0.4) is 0 Å². The lowest BCUT2D eigenvalue weighted by atomic mass is 9.89. The fourth-order valence-corrected chi connectivity index (χ4v) is 4.16. The second kappa shape index (κ2) is 7.07. The minimum absolute atomic E-state index is 0.382. The van der Waals surface area contributed by atoms with Gasteiger partial charge in [-0.05, 0) is 31.6 Å². The first-order valence-electron chi connectivity index (χ1n) is 8.49. The predicted octanol–water partition coefficient (Wildman–Crippen LogP) is 0.698. The number of rotatable bonds is 5. The summed E-state index contributed by atoms with van der Waals surface area (Å²) in [6, 6.07) is 1.37. The molecule has 0 saturated carbocycles. The smallest absolute Gasteiger partial charge is 0.222 e. The van der Waals surface area contributed by atoms with Gasteiger partial charge in [-0.15, -0.1) is 0 Å². The van der Waals surface area contributed by atoms with Crippen LogP contribution in [0.2, 0.25) is 0 Å². The zero-order valence-electron chi connectivity index (χ0n) is 13.2. The second-order valence-corrected chi connectivity index (χ2v) is 6.89. The Hall–Kier alpha value is -0.650. The van der Waals surface area contributed by atoms with Crippen molar-refractivity contribution < 1.29 is 9.53 Å². The van der Waals surface area contributed by atoms with E-state index in [1.54, 1.807) is 7.11 Å². The molecule has 3 aliphatic heterocycles. The number of carbonyl (C=O) groups excluding carboxylic acids is 1. The third kappa shape index (κ3) is 3.96. The highest BCUT2D eigenvalue weighted by Crippen LogP contribution is 2.33. The number of nitrogens with one attached hydrogen (secondary N) is 1. The molecule has 3 saturated heterocycles. The van der Waals surface area contributed by atoms with Gasteiger partial charge in [0, 0.05) is 58.3 Å². The van der Waals surface area contributed by atoms with E-state index in [1.165, 1.54) is 25.7 Å². The molecule has 5 nitrogen and oxygen atoms in total. The molecule has 0 aromatic carbocycles. The van der Waals surface area contributed by atoms with Crippen LogP contribution in [-0.4, -0.2) is 74.2 Å². The van der Waals surface area contributed by atoms with Crippen molar-refractivity contribution in [3.05, 3.63) is 0 Å². The van der Waals surface area contributed by atoms with Gasteiger partial charge in [0.2, 0.25) is 5.91 Å². The van der Waals surface area contributed by atoms with E-state index in [0.717, 1.165) is 45.8 Å². The van der Waals surface area contributed by atoms with E-state index >= 15 is 0 Å². The number of methoxy groups -OCH3 is 1. The lowest BCUT2D eigenvalue weighted by molar-refractivity contribution is -0.134. The Kier molecular flexibility index (Phi) is 5.14. The van der Waals surface area contributed by atoms with E-state index in [0.29, 0.717) is 23.9 Å². The summed E-state index contributed by atoms with van der Waals surface area (Å²) < 4.78 is 5.12. The van der Waals surface area contributed by atoms with Crippen LogP contribution in [0.1, 0.15) is 32.1 Å². The SMILES string of the molecule is COCCN1CCN(C(=O)CC2CC3CCC(C2)N3)CC1. The topological polar surface area (TPSA) is 44.8 Å². The Morgan fingerprint density at radius 3 is 2.43 bits per heavy atom. The van der Waals surface area contributed by atoms with Gasteiger partial charge in [0.15, 0.2) is 0 Å². The molecule has 3 rings (SSSR count). The Morgan fingerprint density at radius 2 is 1.81 bits per heavy atom. The largest absolute Gasteiger partial charge is 0.383 e. The monoisotopic (exact) mass is 295 g/mol. The van der Waals surface area contributed by atoms with E-state index in [-0.39, 0.29) is 0 Å². The molecular weight excluding hydrogens is 266 g/mol. The molecule has 3 fully saturated rings. The Morgan fingerprint density at radius 1 is 1.14 bits per heavy atom. The van der Waals surface area contributed by atoms with Crippen LogP contribution in [-0.2, 0) is 9.53 Å². The fourth-order valence-electron chi connectivity index (χ4n) is 4.16. The molecule has 0 radical (unpaired) electrons. The molecule has 0 aliphatic carbocycles. The maximum absolute atomic E-state index is 12.5. The zero-order valence-corrected chi connectivity index (χ0v) is 13.2. The molecule has 3 aliphatic rings. The lowest BCUT2D eigenvalue weighted by Crippen LogP contribution is -2.50. The molecule has 0 spiro atoms. The van der Waals surface area contributed by atoms with Crippen LogP contribution in [0.25, 0.3) is 0 Å². The molecule has 2 bridgehead atoms. The average Bonchev–Trinajstić information content (AvgIpc) is 2.84. The van der Waals surface area contributed by atoms with Gasteiger partial charge in [0.25, 0.3) is 0 Å². The van der Waals surface area contributed by atoms with Crippen LogP contribution in [0.4, 0.5) is 0 Å². The lowest BCUT2D eigenvalue weighted by Gasteiger charge is -2.36. The highest BCUT2D eigenvalue weighted by atomic mass is 16.5. The van der Waals surface area contributed by atoms with Gasteiger partial charge in [-0.2, -0.15) is 0 Å². The number of nitrogens with zero attached hydrogens (tertiary/aromatic N) is 2. The Balaban J connectivity index is 1.40. The second-order valence-electron chi connectivity index (χ2n) is 6.89. The van der Waals surface area contributed by atoms with Gasteiger partial charge >= 0.3 is 0 Å². The molecule has 2 atom stereocenters. The van der Waals surface area contributed by atoms with Crippen molar-refractivity contribution in [1.29, 1.82) is 0 Å². The van der Waals surface area contributed by atoms with Gasteiger partial charge in [0.1, 0.15) is 0 Å². The third-order valence-corrected chi connectivity index (χ3v) is 5.37. The standard InChI is InChI=1S/C16H29N3O2/c1-21-9-8-18-4-6-19(7-5-18)16(20)12-13-10-14-2-3-15(11-13)17-14/h13-15,17H,2-12H2,1H3. The molecule has 1 N–H and O–H groups in total. The van der Waals surface area contributed by atoms with Crippen molar-refractivity contribution in [3.8, 4) is 0 Å². The number of carbonyl (C=O) groups is 1. The highest BCUT2D eigenvalue weighted by Gasteiger charge is 2.35. The van der Waals surface area contributed by atoms with Gasteiger partial charge in [0.05, 0.1) is 6.61 Å². The van der Waals surface area contributed by atoms with E-state index in [2.05, 4.69) is 15.1 Å². The van der Waals surface area contributed by atoms with E-state index in [9.17, 15) is 4.79 Å². The Bertz CT molecular complexity index is 343. The quantitative estimate of drug-likeness (QED) is 0.811. The molecule has 1 amide bonds. The van der Waals surface area contributed by atoms with Crippen molar-refractivity contribution in [3.63, 3.8) is 0 Å². The molecule has 0 aromatic heterocycles. The van der Waals surface area contributed by atoms with Crippen LogP contribution in [0, 0.1) is 5.92 Å². The third-order valence-electron chi connectivity index (χ3n) is 5.37. The normalized spacial score (nSPS) is 33.4. The minimum atomic E-state index is 0.382. The van der Waals surface area contributed by atoms with Gasteiger partial charge in [-0.25, -0.2) is 0 Å². The first-order chi connectivity index (χ1) is 10.2. The summed E-state index contributed by atoms with van der Waals surface area (Å²) in [7, 11) is 1.74. The van der Waals surface area contributed by atoms with Crippen LogP contribution in [0.5, 0.6) is 0 Å². The van der Waals surface area contributed by atoms with E-state index in [4.69, 9.17) is 4.74 Å². The predicted molar refractivity (Wildman–Crippen MR) is 82.2 cm³/mol. The molecule has 2 unspecified atom stereocenters. The molecule has 21 heavy (non-hydrogen) atoms. The van der Waals surface area contributed by atoms with Crippen molar-refractivity contribution in [2.24, 2.45) is 5.92 Å². The van der Waals surface area contributed by atoms with Gasteiger partial charge in [-0.3, -0.25) is 9.69 Å². The molecule has 120 valence electrons. The Labute approximate surface area is 128 Å². The van der Waals surface area contributed by atoms with Crippen molar-refractivity contribution >= 4 is 5.91 Å². The number of amides is 1. The summed E-state index contributed by atoms with van der Waals surface area (Å²) in [5.41, 5.74) is 0. The minimum Gasteiger partial charge on any atom is -0.383 e. The average molecular weight is 295 g/mol. The number of hydrogen-bond donors (Lipinski definition) is 1. The van der Waals surface area contributed by atoms with Crippen LogP contribution >= 0.6 is 0 Å². The summed E-state index contributed by atoms with van der Waals surface area (Å²) >= 11 is 0. The first-order valence-corrected chi connectivity index (χ1v) is 8.49. The summed E-state index contributed by atoms with van der Waals surface area (Å²) in [5, 5.41) is 3.65. The van der Waals surface area contributed by atoms with Crippen molar-refractivity contribution in [2.75, 3.05) is 46.4 Å². The number of hydrogen-bond acceptors (Lipinski definition) is 4. The number of fused-ring (bicyclic) bond motifs is 2. The maximum atomic E-state index is 12.5. The molecular formula is C16H29N3O2. The molecule has 0 aromatic rings. The first kappa shape index (κ1) is 15.3. The zero-order chi connectivity index (χ0) is 14.7.